The minimum Gasteiger partial charge on any atom is -0.427 e. The molecule has 70 valence electrons. The number of carbonyl (C=O) groups excluding carboxylic acids is 1. The molecular weight excluding hydrogens is 192 g/mol. The van der Waals surface area contributed by atoms with Crippen LogP contribution in [0.15, 0.2) is 24.3 Å². The molecule has 0 amide bonds. The summed E-state index contributed by atoms with van der Waals surface area (Å²) in [4.78, 5) is 10.6. The first-order valence-corrected chi connectivity index (χ1v) is 4.04. The van der Waals surface area contributed by atoms with Crippen LogP contribution in [0.5, 0.6) is 5.75 Å². The van der Waals surface area contributed by atoms with Crippen LogP contribution in [-0.2, 0) is 15.7 Å². The molecule has 0 aliphatic heterocycles. The van der Waals surface area contributed by atoms with Crippen molar-refractivity contribution in [1.82, 2.24) is 0 Å². The van der Waals surface area contributed by atoms with Crippen molar-refractivity contribution in [1.29, 1.82) is 0 Å². The molecule has 1 aromatic rings. The van der Waals surface area contributed by atoms with Gasteiger partial charge in [0.2, 0.25) is 0 Å². The lowest BCUT2D eigenvalue weighted by Crippen LogP contribution is -2.01. The zero-order chi connectivity index (χ0) is 9.68. The quantitative estimate of drug-likeness (QED) is 0.555. The third kappa shape index (κ3) is 3.44. The molecule has 1 aromatic carbocycles. The normalized spacial score (nSPS) is 9.69. The lowest BCUT2D eigenvalue weighted by Gasteiger charge is -2.01. The average molecular weight is 201 g/mol. The second kappa shape index (κ2) is 4.84. The maximum atomic E-state index is 10.6. The van der Waals surface area contributed by atoms with Crippen LogP contribution in [-0.4, -0.2) is 5.97 Å². The Bertz CT molecular complexity index is 281. The molecule has 0 saturated heterocycles. The van der Waals surface area contributed by atoms with E-state index in [0.29, 0.717) is 12.4 Å². The number of rotatable bonds is 3. The molecule has 0 unspecified atom stereocenters. The summed E-state index contributed by atoms with van der Waals surface area (Å²) in [6.45, 7) is 1.69. The molecule has 3 nitrogen and oxygen atoms in total. The maximum Gasteiger partial charge on any atom is 0.308 e. The van der Waals surface area contributed by atoms with Crippen molar-refractivity contribution in [3.8, 4) is 5.75 Å². The van der Waals surface area contributed by atoms with E-state index in [0.717, 1.165) is 5.56 Å². The molecule has 0 bridgehead atoms. The van der Waals surface area contributed by atoms with Crippen molar-refractivity contribution in [2.24, 2.45) is 0 Å². The lowest BCUT2D eigenvalue weighted by molar-refractivity contribution is -0.131. The zero-order valence-electron chi connectivity index (χ0n) is 7.12. The summed E-state index contributed by atoms with van der Waals surface area (Å²) in [7, 11) is 0. The van der Waals surface area contributed by atoms with E-state index in [2.05, 4.69) is 4.29 Å². The predicted octanol–water partition coefficient (Wildman–Crippen LogP) is 2.28. The third-order valence-corrected chi connectivity index (χ3v) is 1.52. The van der Waals surface area contributed by atoms with Gasteiger partial charge in [0.15, 0.2) is 0 Å². The number of hydrogen-bond acceptors (Lipinski definition) is 3. The topological polar surface area (TPSA) is 35.5 Å². The van der Waals surface area contributed by atoms with E-state index in [1.807, 2.05) is 0 Å². The molecule has 0 aliphatic rings. The average Bonchev–Trinajstić information content (AvgIpc) is 2.08. The number of halogens is 1. The monoisotopic (exact) mass is 200 g/mol. The maximum absolute atomic E-state index is 10.6. The summed E-state index contributed by atoms with van der Waals surface area (Å²) in [5, 5.41) is 0. The summed E-state index contributed by atoms with van der Waals surface area (Å²) >= 11 is 5.07. The van der Waals surface area contributed by atoms with Crippen LogP contribution in [0.25, 0.3) is 0 Å². The molecule has 0 atom stereocenters. The first kappa shape index (κ1) is 10.0. The second-order valence-corrected chi connectivity index (χ2v) is 2.71. The first-order chi connectivity index (χ1) is 6.22. The minimum atomic E-state index is -0.332. The summed E-state index contributed by atoms with van der Waals surface area (Å²) < 4.78 is 9.25. The highest BCUT2D eigenvalue weighted by Crippen LogP contribution is 2.13. The Morgan fingerprint density at radius 1 is 1.38 bits per heavy atom. The predicted molar refractivity (Wildman–Crippen MR) is 48.4 cm³/mol. The van der Waals surface area contributed by atoms with Crippen molar-refractivity contribution in [2.45, 2.75) is 13.5 Å². The molecule has 0 heterocycles. The Labute approximate surface area is 81.4 Å². The van der Waals surface area contributed by atoms with Crippen molar-refractivity contribution in [3.63, 3.8) is 0 Å². The highest BCUT2D eigenvalue weighted by molar-refractivity contribution is 6.07. The van der Waals surface area contributed by atoms with Gasteiger partial charge in [-0.3, -0.25) is 9.08 Å². The van der Waals surface area contributed by atoms with Crippen molar-refractivity contribution < 1.29 is 13.8 Å². The molecule has 0 spiro atoms. The molecule has 0 saturated carbocycles. The van der Waals surface area contributed by atoms with Crippen LogP contribution in [0.1, 0.15) is 12.5 Å². The molecule has 0 N–H and O–H groups in total. The fourth-order valence-corrected chi connectivity index (χ4v) is 1.01. The van der Waals surface area contributed by atoms with Gasteiger partial charge in [-0.05, 0) is 17.7 Å². The van der Waals surface area contributed by atoms with E-state index in [-0.39, 0.29) is 5.97 Å². The smallest absolute Gasteiger partial charge is 0.308 e. The van der Waals surface area contributed by atoms with E-state index in [9.17, 15) is 4.79 Å². The van der Waals surface area contributed by atoms with Crippen LogP contribution in [0, 0.1) is 0 Å². The Kier molecular flexibility index (Phi) is 3.73. The summed E-state index contributed by atoms with van der Waals surface area (Å²) in [6.07, 6.45) is 0. The van der Waals surface area contributed by atoms with Crippen LogP contribution in [0.4, 0.5) is 0 Å². The Morgan fingerprint density at radius 3 is 2.46 bits per heavy atom. The Morgan fingerprint density at radius 2 is 2.00 bits per heavy atom. The number of hydrogen-bond donors (Lipinski definition) is 0. The SMILES string of the molecule is CC(=O)Oc1ccc(COCl)cc1. The molecular formula is C9H9ClO3. The Balaban J connectivity index is 2.64. The number of esters is 1. The van der Waals surface area contributed by atoms with E-state index in [1.165, 1.54) is 6.92 Å². The summed E-state index contributed by atoms with van der Waals surface area (Å²) in [5.41, 5.74) is 0.922. The minimum absolute atomic E-state index is 0.332. The number of benzene rings is 1. The first-order valence-electron chi connectivity index (χ1n) is 3.73. The second-order valence-electron chi connectivity index (χ2n) is 2.49. The van der Waals surface area contributed by atoms with Gasteiger partial charge in [0.1, 0.15) is 5.75 Å². The highest BCUT2D eigenvalue weighted by Gasteiger charge is 1.97. The van der Waals surface area contributed by atoms with Crippen molar-refractivity contribution in [2.75, 3.05) is 0 Å². The number of carbonyl (C=O) groups is 1. The summed E-state index contributed by atoms with van der Waals surface area (Å²) in [6, 6.07) is 6.93. The van der Waals surface area contributed by atoms with Gasteiger partial charge in [-0.15, -0.1) is 0 Å². The molecule has 0 radical (unpaired) electrons. The van der Waals surface area contributed by atoms with Crippen LogP contribution in [0.3, 0.4) is 0 Å². The van der Waals surface area contributed by atoms with E-state index in [4.69, 9.17) is 16.6 Å². The molecule has 1 rings (SSSR count). The van der Waals surface area contributed by atoms with Crippen LogP contribution < -0.4 is 4.74 Å². The molecule has 13 heavy (non-hydrogen) atoms. The number of ether oxygens (including phenoxy) is 1. The fraction of sp³-hybridized carbons (Fsp3) is 0.222. The standard InChI is InChI=1S/C9H9ClO3/c1-7(11)13-9-4-2-8(3-5-9)6-12-10/h2-5H,6H2,1H3. The lowest BCUT2D eigenvalue weighted by atomic mass is 10.2. The van der Waals surface area contributed by atoms with Gasteiger partial charge < -0.3 is 4.74 Å². The van der Waals surface area contributed by atoms with Gasteiger partial charge in [-0.2, -0.15) is 0 Å². The van der Waals surface area contributed by atoms with Gasteiger partial charge in [0.25, 0.3) is 0 Å². The molecule has 0 fully saturated rings. The van der Waals surface area contributed by atoms with E-state index >= 15 is 0 Å². The van der Waals surface area contributed by atoms with Crippen molar-refractivity contribution >= 4 is 17.8 Å². The summed E-state index contributed by atoms with van der Waals surface area (Å²) in [5.74, 6) is 0.187. The van der Waals surface area contributed by atoms with Gasteiger partial charge in [-0.1, -0.05) is 12.1 Å². The van der Waals surface area contributed by atoms with E-state index < -0.39 is 0 Å². The van der Waals surface area contributed by atoms with Gasteiger partial charge in [0.05, 0.1) is 18.5 Å². The zero-order valence-corrected chi connectivity index (χ0v) is 7.88. The van der Waals surface area contributed by atoms with Gasteiger partial charge in [-0.25, -0.2) is 0 Å². The molecule has 4 heteroatoms. The van der Waals surface area contributed by atoms with Crippen LogP contribution in [0.2, 0.25) is 0 Å². The largest absolute Gasteiger partial charge is 0.427 e. The Hall–Kier alpha value is -1.06. The van der Waals surface area contributed by atoms with E-state index in [1.54, 1.807) is 24.3 Å². The third-order valence-electron chi connectivity index (χ3n) is 1.41. The highest BCUT2D eigenvalue weighted by atomic mass is 35.5. The van der Waals surface area contributed by atoms with Crippen molar-refractivity contribution in [3.05, 3.63) is 29.8 Å². The van der Waals surface area contributed by atoms with Gasteiger partial charge in [0, 0.05) is 6.92 Å². The van der Waals surface area contributed by atoms with Crippen LogP contribution >= 0.6 is 11.9 Å². The molecule has 0 aromatic heterocycles. The van der Waals surface area contributed by atoms with Gasteiger partial charge >= 0.3 is 5.97 Å². The fourth-order valence-electron chi connectivity index (χ4n) is 0.883. The molecule has 0 aliphatic carbocycles.